The van der Waals surface area contributed by atoms with E-state index in [1.54, 1.807) is 49.9 Å². The standard InChI is InChI=1S/C23H22FN5O4/c1-23(2,3)33-22(31)29-19-8-6-7-17(26-19)20-27-25-14-28(20)11-4-5-12-32-18-13-15(24)9-10-16(18)21(29)30/h4-10,13-14H,11-12H2,1-3H3/b5-4+. The summed E-state index contributed by atoms with van der Waals surface area (Å²) in [5.74, 6) is -0.879. The van der Waals surface area contributed by atoms with Crippen LogP contribution in [0.3, 0.4) is 0 Å². The highest BCUT2D eigenvalue weighted by atomic mass is 19.1. The summed E-state index contributed by atoms with van der Waals surface area (Å²) in [6, 6.07) is 8.33. The first-order chi connectivity index (χ1) is 15.7. The lowest BCUT2D eigenvalue weighted by molar-refractivity contribution is 0.0563. The van der Waals surface area contributed by atoms with E-state index in [1.165, 1.54) is 12.1 Å². The Morgan fingerprint density at radius 3 is 2.79 bits per heavy atom. The van der Waals surface area contributed by atoms with E-state index in [9.17, 15) is 14.0 Å². The van der Waals surface area contributed by atoms with Crippen molar-refractivity contribution in [3.05, 3.63) is 66.3 Å². The third-order valence-corrected chi connectivity index (χ3v) is 4.57. The lowest BCUT2D eigenvalue weighted by Gasteiger charge is -2.26. The number of aromatic nitrogens is 4. The minimum Gasteiger partial charge on any atom is -0.489 e. The van der Waals surface area contributed by atoms with Crippen molar-refractivity contribution in [2.75, 3.05) is 11.5 Å². The highest BCUT2D eigenvalue weighted by molar-refractivity contribution is 6.19. The largest absolute Gasteiger partial charge is 0.489 e. The number of carbonyl (C=O) groups is 2. The van der Waals surface area contributed by atoms with Crippen LogP contribution in [0.25, 0.3) is 11.5 Å². The second kappa shape index (κ2) is 8.81. The molecule has 0 saturated heterocycles. The Morgan fingerprint density at radius 1 is 1.18 bits per heavy atom. The summed E-state index contributed by atoms with van der Waals surface area (Å²) < 4.78 is 26.8. The summed E-state index contributed by atoms with van der Waals surface area (Å²) in [6.45, 7) is 5.57. The van der Waals surface area contributed by atoms with Crippen LogP contribution < -0.4 is 9.64 Å². The van der Waals surface area contributed by atoms with Gasteiger partial charge < -0.3 is 14.0 Å². The van der Waals surface area contributed by atoms with E-state index in [-0.39, 0.29) is 23.7 Å². The molecule has 2 aromatic heterocycles. The van der Waals surface area contributed by atoms with Gasteiger partial charge in [0.2, 0.25) is 0 Å². The summed E-state index contributed by atoms with van der Waals surface area (Å²) in [4.78, 5) is 32.0. The third kappa shape index (κ3) is 4.89. The quantitative estimate of drug-likeness (QED) is 0.476. The number of amides is 2. The number of imide groups is 1. The molecule has 170 valence electrons. The van der Waals surface area contributed by atoms with Gasteiger partial charge in [0, 0.05) is 12.6 Å². The van der Waals surface area contributed by atoms with Crippen LogP contribution in [0.1, 0.15) is 31.1 Å². The Bertz CT molecular complexity index is 1230. The van der Waals surface area contributed by atoms with Gasteiger partial charge in [-0.2, -0.15) is 4.90 Å². The lowest BCUT2D eigenvalue weighted by atomic mass is 10.1. The molecule has 0 radical (unpaired) electrons. The molecule has 0 N–H and O–H groups in total. The number of carbonyl (C=O) groups excluding carboxylic acids is 2. The van der Waals surface area contributed by atoms with Crippen LogP contribution >= 0.6 is 0 Å². The molecule has 33 heavy (non-hydrogen) atoms. The van der Waals surface area contributed by atoms with Crippen LogP contribution in [0.4, 0.5) is 15.0 Å². The number of rotatable bonds is 0. The van der Waals surface area contributed by atoms with Gasteiger partial charge in [-0.05, 0) is 51.1 Å². The van der Waals surface area contributed by atoms with Gasteiger partial charge >= 0.3 is 6.09 Å². The molecule has 1 aromatic carbocycles. The Kier molecular flexibility index (Phi) is 5.91. The number of anilines is 1. The smallest absolute Gasteiger partial charge is 0.423 e. The molecular weight excluding hydrogens is 429 g/mol. The van der Waals surface area contributed by atoms with Gasteiger partial charge in [-0.15, -0.1) is 10.2 Å². The second-order valence-electron chi connectivity index (χ2n) is 8.23. The van der Waals surface area contributed by atoms with E-state index >= 15 is 0 Å². The first kappa shape index (κ1) is 22.1. The number of halogens is 1. The highest BCUT2D eigenvalue weighted by Crippen LogP contribution is 2.27. The Morgan fingerprint density at radius 2 is 2.00 bits per heavy atom. The molecule has 2 amide bonds. The molecule has 0 fully saturated rings. The number of pyridine rings is 1. The number of hydrogen-bond donors (Lipinski definition) is 0. The zero-order valence-electron chi connectivity index (χ0n) is 18.4. The maximum Gasteiger partial charge on any atom is 0.423 e. The maximum atomic E-state index is 13.9. The van der Waals surface area contributed by atoms with E-state index in [1.807, 2.05) is 6.08 Å². The van der Waals surface area contributed by atoms with E-state index in [0.717, 1.165) is 17.0 Å². The second-order valence-corrected chi connectivity index (χ2v) is 8.23. The molecule has 9 nitrogen and oxygen atoms in total. The number of benzene rings is 1. The van der Waals surface area contributed by atoms with Crippen molar-refractivity contribution in [1.82, 2.24) is 19.7 Å². The van der Waals surface area contributed by atoms with Crippen molar-refractivity contribution >= 4 is 17.8 Å². The van der Waals surface area contributed by atoms with Gasteiger partial charge in [-0.25, -0.2) is 14.2 Å². The molecule has 10 heteroatoms. The number of ether oxygens (including phenoxy) is 2. The van der Waals surface area contributed by atoms with Gasteiger partial charge in [0.25, 0.3) is 5.91 Å². The Balaban J connectivity index is 1.89. The molecule has 0 saturated carbocycles. The number of allylic oxidation sites excluding steroid dienone is 1. The van der Waals surface area contributed by atoms with Crippen molar-refractivity contribution in [2.45, 2.75) is 32.9 Å². The van der Waals surface area contributed by atoms with Crippen molar-refractivity contribution in [2.24, 2.45) is 0 Å². The number of fused-ring (bicyclic) bond motifs is 5. The summed E-state index contributed by atoms with van der Waals surface area (Å²) in [5, 5.41) is 8.06. The molecule has 0 aliphatic carbocycles. The first-order valence-electron chi connectivity index (χ1n) is 10.2. The van der Waals surface area contributed by atoms with Gasteiger partial charge in [0.15, 0.2) is 5.82 Å². The summed E-state index contributed by atoms with van der Waals surface area (Å²) in [7, 11) is 0. The molecule has 0 unspecified atom stereocenters. The van der Waals surface area contributed by atoms with Crippen LogP contribution in [-0.4, -0.2) is 44.0 Å². The summed E-state index contributed by atoms with van der Waals surface area (Å²) in [6.07, 6.45) is 4.17. The predicted molar refractivity (Wildman–Crippen MR) is 117 cm³/mol. The fraction of sp³-hybridized carbons (Fsp3) is 0.261. The van der Waals surface area contributed by atoms with Crippen LogP contribution in [0, 0.1) is 5.82 Å². The minimum atomic E-state index is -0.930. The average Bonchev–Trinajstić information content (AvgIpc) is 3.20. The number of hydrogen-bond acceptors (Lipinski definition) is 7. The Labute approximate surface area is 189 Å². The van der Waals surface area contributed by atoms with E-state index in [2.05, 4.69) is 15.2 Å². The summed E-state index contributed by atoms with van der Waals surface area (Å²) in [5.41, 5.74) is -0.475. The topological polar surface area (TPSA) is 99.4 Å². The van der Waals surface area contributed by atoms with Crippen molar-refractivity contribution < 1.29 is 23.5 Å². The zero-order valence-corrected chi connectivity index (χ0v) is 18.4. The first-order valence-corrected chi connectivity index (χ1v) is 10.2. The zero-order chi connectivity index (χ0) is 23.6. The van der Waals surface area contributed by atoms with Crippen LogP contribution in [0.15, 0.2) is 54.9 Å². The summed E-state index contributed by atoms with van der Waals surface area (Å²) >= 11 is 0. The molecule has 0 spiro atoms. The SMILES string of the molecule is CC(C)(C)OC(=O)N1C(=O)c2ccc(F)cc2OC/C=C/Cn2cnnc2-c2cccc1n2. The van der Waals surface area contributed by atoms with Gasteiger partial charge in [-0.3, -0.25) is 4.79 Å². The average molecular weight is 451 g/mol. The normalized spacial score (nSPS) is 15.0. The number of nitrogens with zero attached hydrogens (tertiary/aromatic N) is 5. The molecule has 1 aliphatic rings. The highest BCUT2D eigenvalue weighted by Gasteiger charge is 2.33. The molecule has 2 bridgehead atoms. The Hall–Kier alpha value is -4.08. The third-order valence-electron chi connectivity index (χ3n) is 4.57. The minimum absolute atomic E-state index is 0.00332. The molecule has 3 aromatic rings. The van der Waals surface area contributed by atoms with Gasteiger partial charge in [0.05, 0.1) is 5.56 Å². The van der Waals surface area contributed by atoms with Crippen molar-refractivity contribution in [3.63, 3.8) is 0 Å². The molecule has 3 heterocycles. The van der Waals surface area contributed by atoms with Crippen LogP contribution in [0.5, 0.6) is 5.75 Å². The fourth-order valence-corrected chi connectivity index (χ4v) is 3.15. The van der Waals surface area contributed by atoms with Crippen molar-refractivity contribution in [3.8, 4) is 17.3 Å². The fourth-order valence-electron chi connectivity index (χ4n) is 3.15. The molecule has 4 rings (SSSR count). The van der Waals surface area contributed by atoms with Gasteiger partial charge in [0.1, 0.15) is 41.6 Å². The lowest BCUT2D eigenvalue weighted by Crippen LogP contribution is -2.41. The van der Waals surface area contributed by atoms with Crippen LogP contribution in [-0.2, 0) is 11.3 Å². The van der Waals surface area contributed by atoms with Gasteiger partial charge in [-0.1, -0.05) is 12.1 Å². The van der Waals surface area contributed by atoms with Crippen LogP contribution in [0.2, 0.25) is 0 Å². The predicted octanol–water partition coefficient (Wildman–Crippen LogP) is 4.01. The van der Waals surface area contributed by atoms with E-state index in [0.29, 0.717) is 18.1 Å². The van der Waals surface area contributed by atoms with E-state index < -0.39 is 23.4 Å². The van der Waals surface area contributed by atoms with E-state index in [4.69, 9.17) is 9.47 Å². The molecule has 0 atom stereocenters. The molecular formula is C23H22FN5O4. The van der Waals surface area contributed by atoms with Crippen molar-refractivity contribution in [1.29, 1.82) is 0 Å². The monoisotopic (exact) mass is 451 g/mol. The maximum absolute atomic E-state index is 13.9. The molecule has 1 aliphatic heterocycles.